The summed E-state index contributed by atoms with van der Waals surface area (Å²) in [4.78, 5) is 0. The molecule has 0 aliphatic heterocycles. The van der Waals surface area contributed by atoms with Gasteiger partial charge in [0.05, 0.1) is 11.3 Å². The van der Waals surface area contributed by atoms with Gasteiger partial charge in [-0.15, -0.1) is 0 Å². The van der Waals surface area contributed by atoms with Crippen LogP contribution in [0, 0.1) is 25.2 Å². The van der Waals surface area contributed by atoms with E-state index < -0.39 is 0 Å². The van der Waals surface area contributed by atoms with Crippen molar-refractivity contribution >= 4 is 5.69 Å². The van der Waals surface area contributed by atoms with E-state index in [1.165, 1.54) is 11.1 Å². The summed E-state index contributed by atoms with van der Waals surface area (Å²) in [6, 6.07) is 17.6. The second kappa shape index (κ2) is 5.61. The third-order valence-corrected chi connectivity index (χ3v) is 4.43. The van der Waals surface area contributed by atoms with Crippen molar-refractivity contribution in [3.63, 3.8) is 0 Å². The fourth-order valence-corrected chi connectivity index (χ4v) is 3.00. The number of nitrogens with zero attached hydrogens (tertiary/aromatic N) is 1. The molecule has 106 valence electrons. The van der Waals surface area contributed by atoms with E-state index in [1.807, 2.05) is 25.1 Å². The Kier molecular flexibility index (Phi) is 3.66. The Morgan fingerprint density at radius 3 is 2.43 bits per heavy atom. The maximum absolute atomic E-state index is 9.27. The second-order valence-electron chi connectivity index (χ2n) is 6.03. The second-order valence-corrected chi connectivity index (χ2v) is 6.03. The van der Waals surface area contributed by atoms with Crippen LogP contribution in [0.2, 0.25) is 0 Å². The third kappa shape index (κ3) is 2.78. The van der Waals surface area contributed by atoms with Crippen LogP contribution in [-0.2, 0) is 0 Å². The van der Waals surface area contributed by atoms with Gasteiger partial charge in [0.25, 0.3) is 0 Å². The van der Waals surface area contributed by atoms with Gasteiger partial charge in [-0.3, -0.25) is 0 Å². The molecule has 21 heavy (non-hydrogen) atoms. The molecule has 2 aromatic rings. The molecule has 2 aromatic carbocycles. The van der Waals surface area contributed by atoms with E-state index in [1.54, 1.807) is 0 Å². The van der Waals surface area contributed by atoms with Crippen LogP contribution in [0.3, 0.4) is 0 Å². The Bertz CT molecular complexity index is 674. The van der Waals surface area contributed by atoms with Gasteiger partial charge in [-0.1, -0.05) is 42.0 Å². The molecular formula is C19H20N2. The SMILES string of the molecule is Cc1ccc(C2CC(Nc3cccc(C)c3C#N)C2)cc1. The number of hydrogen-bond acceptors (Lipinski definition) is 2. The molecule has 2 nitrogen and oxygen atoms in total. The van der Waals surface area contributed by atoms with Crippen LogP contribution in [0.25, 0.3) is 0 Å². The number of hydrogen-bond donors (Lipinski definition) is 1. The zero-order chi connectivity index (χ0) is 14.8. The number of rotatable bonds is 3. The Balaban J connectivity index is 1.64. The van der Waals surface area contributed by atoms with Crippen molar-refractivity contribution in [2.75, 3.05) is 5.32 Å². The molecule has 0 radical (unpaired) electrons. The highest BCUT2D eigenvalue weighted by Crippen LogP contribution is 2.39. The van der Waals surface area contributed by atoms with Gasteiger partial charge in [0.2, 0.25) is 0 Å². The fourth-order valence-electron chi connectivity index (χ4n) is 3.00. The van der Waals surface area contributed by atoms with E-state index in [-0.39, 0.29) is 0 Å². The quantitative estimate of drug-likeness (QED) is 0.893. The Morgan fingerprint density at radius 2 is 1.76 bits per heavy atom. The molecule has 0 saturated heterocycles. The lowest BCUT2D eigenvalue weighted by atomic mass is 9.75. The van der Waals surface area contributed by atoms with Crippen molar-refractivity contribution in [1.82, 2.24) is 0 Å². The van der Waals surface area contributed by atoms with Crippen LogP contribution < -0.4 is 5.32 Å². The van der Waals surface area contributed by atoms with Crippen molar-refractivity contribution in [2.24, 2.45) is 0 Å². The first kappa shape index (κ1) is 13.7. The van der Waals surface area contributed by atoms with Gasteiger partial charge in [-0.25, -0.2) is 0 Å². The lowest BCUT2D eigenvalue weighted by molar-refractivity contribution is 0.374. The lowest BCUT2D eigenvalue weighted by Crippen LogP contribution is -2.34. The highest BCUT2D eigenvalue weighted by atomic mass is 14.9. The van der Waals surface area contributed by atoms with Crippen molar-refractivity contribution < 1.29 is 0 Å². The number of aryl methyl sites for hydroxylation is 2. The summed E-state index contributed by atoms with van der Waals surface area (Å²) < 4.78 is 0. The maximum Gasteiger partial charge on any atom is 0.102 e. The first-order valence-electron chi connectivity index (χ1n) is 7.50. The average Bonchev–Trinajstić information content (AvgIpc) is 2.44. The molecule has 0 amide bonds. The summed E-state index contributed by atoms with van der Waals surface area (Å²) in [5.41, 5.74) is 5.53. The van der Waals surface area contributed by atoms with E-state index in [0.29, 0.717) is 12.0 Å². The Hall–Kier alpha value is -2.27. The maximum atomic E-state index is 9.27. The minimum absolute atomic E-state index is 0.477. The molecule has 2 heteroatoms. The molecule has 0 aromatic heterocycles. The minimum atomic E-state index is 0.477. The molecule has 1 aliphatic carbocycles. The summed E-state index contributed by atoms with van der Waals surface area (Å²) in [6.07, 6.45) is 2.28. The predicted octanol–water partition coefficient (Wildman–Crippen LogP) is 4.53. The van der Waals surface area contributed by atoms with Gasteiger partial charge in [0.1, 0.15) is 6.07 Å². The summed E-state index contributed by atoms with van der Waals surface area (Å²) >= 11 is 0. The van der Waals surface area contributed by atoms with Gasteiger partial charge in [-0.2, -0.15) is 5.26 Å². The van der Waals surface area contributed by atoms with Crippen LogP contribution in [-0.4, -0.2) is 6.04 Å². The number of benzene rings is 2. The Morgan fingerprint density at radius 1 is 1.05 bits per heavy atom. The zero-order valence-corrected chi connectivity index (χ0v) is 12.6. The number of anilines is 1. The van der Waals surface area contributed by atoms with E-state index in [2.05, 4.69) is 42.6 Å². The van der Waals surface area contributed by atoms with Gasteiger partial charge < -0.3 is 5.32 Å². The highest BCUT2D eigenvalue weighted by molar-refractivity contribution is 5.61. The Labute approximate surface area is 126 Å². The number of nitrogens with one attached hydrogen (secondary N) is 1. The standard InChI is InChI=1S/C19H20N2/c1-13-6-8-15(9-7-13)16-10-17(11-16)21-19-5-3-4-14(2)18(19)12-20/h3-9,16-17,21H,10-11H2,1-2H3. The monoisotopic (exact) mass is 276 g/mol. The summed E-state index contributed by atoms with van der Waals surface area (Å²) in [6.45, 7) is 4.11. The van der Waals surface area contributed by atoms with Crippen LogP contribution >= 0.6 is 0 Å². The van der Waals surface area contributed by atoms with Gasteiger partial charge in [0, 0.05) is 6.04 Å². The van der Waals surface area contributed by atoms with Crippen molar-refractivity contribution in [2.45, 2.75) is 38.6 Å². The molecule has 1 N–H and O–H groups in total. The van der Waals surface area contributed by atoms with E-state index in [0.717, 1.165) is 29.7 Å². The average molecular weight is 276 g/mol. The molecule has 0 heterocycles. The first-order chi connectivity index (χ1) is 10.2. The first-order valence-corrected chi connectivity index (χ1v) is 7.50. The van der Waals surface area contributed by atoms with Crippen LogP contribution in [0.1, 0.15) is 41.0 Å². The molecule has 0 atom stereocenters. The van der Waals surface area contributed by atoms with Crippen molar-refractivity contribution in [3.8, 4) is 6.07 Å². The summed E-state index contributed by atoms with van der Waals surface area (Å²) in [5.74, 6) is 0.651. The van der Waals surface area contributed by atoms with Gasteiger partial charge >= 0.3 is 0 Å². The molecule has 3 rings (SSSR count). The molecular weight excluding hydrogens is 256 g/mol. The van der Waals surface area contributed by atoms with Crippen molar-refractivity contribution in [1.29, 1.82) is 5.26 Å². The molecule has 1 saturated carbocycles. The van der Waals surface area contributed by atoms with E-state index >= 15 is 0 Å². The summed E-state index contributed by atoms with van der Waals surface area (Å²) in [5, 5.41) is 12.8. The molecule has 1 fully saturated rings. The van der Waals surface area contributed by atoms with Crippen LogP contribution in [0.5, 0.6) is 0 Å². The van der Waals surface area contributed by atoms with E-state index in [4.69, 9.17) is 0 Å². The molecule has 0 bridgehead atoms. The van der Waals surface area contributed by atoms with Crippen molar-refractivity contribution in [3.05, 3.63) is 64.7 Å². The highest BCUT2D eigenvalue weighted by Gasteiger charge is 2.30. The normalized spacial score (nSPS) is 20.4. The van der Waals surface area contributed by atoms with Crippen LogP contribution in [0.15, 0.2) is 42.5 Å². The smallest absolute Gasteiger partial charge is 0.102 e. The fraction of sp³-hybridized carbons (Fsp3) is 0.316. The zero-order valence-electron chi connectivity index (χ0n) is 12.6. The molecule has 0 spiro atoms. The van der Waals surface area contributed by atoms with E-state index in [9.17, 15) is 5.26 Å². The summed E-state index contributed by atoms with van der Waals surface area (Å²) in [7, 11) is 0. The van der Waals surface area contributed by atoms with Crippen LogP contribution in [0.4, 0.5) is 5.69 Å². The largest absolute Gasteiger partial charge is 0.381 e. The molecule has 1 aliphatic rings. The number of nitriles is 1. The predicted molar refractivity (Wildman–Crippen MR) is 86.5 cm³/mol. The van der Waals surface area contributed by atoms with Gasteiger partial charge in [-0.05, 0) is 49.8 Å². The third-order valence-electron chi connectivity index (χ3n) is 4.43. The minimum Gasteiger partial charge on any atom is -0.381 e. The van der Waals surface area contributed by atoms with Gasteiger partial charge in [0.15, 0.2) is 0 Å². The lowest BCUT2D eigenvalue weighted by Gasteiger charge is -2.37. The molecule has 0 unspecified atom stereocenters. The topological polar surface area (TPSA) is 35.8 Å².